The lowest BCUT2D eigenvalue weighted by Crippen LogP contribution is -2.14. The molecule has 9 heteroatoms. The zero-order valence-corrected chi connectivity index (χ0v) is 17.7. The Labute approximate surface area is 188 Å². The highest BCUT2D eigenvalue weighted by atomic mass is 35.5. The summed E-state index contributed by atoms with van der Waals surface area (Å²) >= 11 is 6.05. The van der Waals surface area contributed by atoms with Gasteiger partial charge in [0, 0.05) is 17.5 Å². The molecule has 0 spiro atoms. The zero-order valence-electron chi connectivity index (χ0n) is 17.0. The number of rotatable bonds is 7. The molecule has 0 atom stereocenters. The molecule has 6 nitrogen and oxygen atoms in total. The van der Waals surface area contributed by atoms with Crippen molar-refractivity contribution in [1.29, 1.82) is 0 Å². The molecule has 0 saturated carbocycles. The molecule has 1 amide bonds. The van der Waals surface area contributed by atoms with Gasteiger partial charge in [0.2, 0.25) is 5.95 Å². The van der Waals surface area contributed by atoms with Crippen molar-refractivity contribution in [2.24, 2.45) is 5.73 Å². The van der Waals surface area contributed by atoms with E-state index in [1.165, 1.54) is 18.2 Å². The first-order valence-electron chi connectivity index (χ1n) is 9.36. The van der Waals surface area contributed by atoms with Gasteiger partial charge in [0.1, 0.15) is 16.4 Å². The van der Waals surface area contributed by atoms with E-state index >= 15 is 0 Å². The Morgan fingerprint density at radius 2 is 1.97 bits per heavy atom. The van der Waals surface area contributed by atoms with Crippen LogP contribution in [0.5, 0.6) is 5.75 Å². The average Bonchev–Trinajstić information content (AvgIpc) is 3.16. The molecule has 3 N–H and O–H groups in total. The topological polar surface area (TPSA) is 82.2 Å². The van der Waals surface area contributed by atoms with Crippen molar-refractivity contribution in [2.75, 3.05) is 5.32 Å². The maximum Gasteiger partial charge on any atom is 0.261 e. The SMILES string of the molecule is C=C(N)/C(Cl)=C(\C=C/C)Oc1ccc(NC(=O)c2cnn(-c3ccccc3)c2F)cc1F. The van der Waals surface area contributed by atoms with E-state index in [0.29, 0.717) is 5.69 Å². The van der Waals surface area contributed by atoms with Crippen LogP contribution in [0.1, 0.15) is 17.3 Å². The van der Waals surface area contributed by atoms with Crippen LogP contribution < -0.4 is 15.8 Å². The molecule has 1 heterocycles. The maximum atomic E-state index is 14.7. The molecule has 32 heavy (non-hydrogen) atoms. The summed E-state index contributed by atoms with van der Waals surface area (Å²) in [5, 5.41) is 6.38. The van der Waals surface area contributed by atoms with Gasteiger partial charge in [-0.15, -0.1) is 0 Å². The number of carbonyl (C=O) groups is 1. The second kappa shape index (κ2) is 9.93. The van der Waals surface area contributed by atoms with Crippen molar-refractivity contribution in [2.45, 2.75) is 6.92 Å². The smallest absolute Gasteiger partial charge is 0.261 e. The highest BCUT2D eigenvalue weighted by Crippen LogP contribution is 2.26. The number of anilines is 1. The normalized spacial score (nSPS) is 11.9. The number of carbonyl (C=O) groups excluding carboxylic acids is 1. The van der Waals surface area contributed by atoms with Crippen LogP contribution >= 0.6 is 11.6 Å². The lowest BCUT2D eigenvalue weighted by atomic mass is 10.2. The summed E-state index contributed by atoms with van der Waals surface area (Å²) in [4.78, 5) is 12.5. The number of allylic oxidation sites excluding steroid dienone is 3. The Morgan fingerprint density at radius 3 is 2.59 bits per heavy atom. The second-order valence-corrected chi connectivity index (χ2v) is 6.88. The summed E-state index contributed by atoms with van der Waals surface area (Å²) in [6.45, 7) is 5.24. The van der Waals surface area contributed by atoms with Crippen molar-refractivity contribution < 1.29 is 18.3 Å². The number of nitrogens with one attached hydrogen (secondary N) is 1. The Bertz CT molecular complexity index is 1220. The van der Waals surface area contributed by atoms with Crippen LogP contribution in [-0.2, 0) is 0 Å². The molecule has 0 aliphatic rings. The van der Waals surface area contributed by atoms with Gasteiger partial charge in [0.15, 0.2) is 11.6 Å². The van der Waals surface area contributed by atoms with Crippen LogP contribution in [0.4, 0.5) is 14.5 Å². The monoisotopic (exact) mass is 456 g/mol. The summed E-state index contributed by atoms with van der Waals surface area (Å²) < 4.78 is 35.7. The molecule has 0 fully saturated rings. The molecule has 0 aliphatic heterocycles. The van der Waals surface area contributed by atoms with Crippen molar-refractivity contribution in [3.63, 3.8) is 0 Å². The van der Waals surface area contributed by atoms with Gasteiger partial charge < -0.3 is 15.8 Å². The van der Waals surface area contributed by atoms with Crippen LogP contribution in [-0.4, -0.2) is 15.7 Å². The van der Waals surface area contributed by atoms with E-state index in [-0.39, 0.29) is 33.5 Å². The lowest BCUT2D eigenvalue weighted by Gasteiger charge is -2.11. The quantitative estimate of drug-likeness (QED) is 0.374. The van der Waals surface area contributed by atoms with Gasteiger partial charge in [-0.3, -0.25) is 4.79 Å². The molecular weight excluding hydrogens is 438 g/mol. The van der Waals surface area contributed by atoms with Crippen molar-refractivity contribution >= 4 is 23.2 Å². The predicted molar refractivity (Wildman–Crippen MR) is 120 cm³/mol. The molecule has 2 aromatic carbocycles. The fraction of sp³-hybridized carbons (Fsp3) is 0.0435. The van der Waals surface area contributed by atoms with Gasteiger partial charge in [0.25, 0.3) is 5.91 Å². The third kappa shape index (κ3) is 5.04. The Morgan fingerprint density at radius 1 is 1.25 bits per heavy atom. The molecule has 1 aromatic heterocycles. The van der Waals surface area contributed by atoms with Crippen LogP contribution in [0.25, 0.3) is 5.69 Å². The van der Waals surface area contributed by atoms with Crippen molar-refractivity contribution in [3.05, 3.63) is 107 Å². The molecule has 164 valence electrons. The number of amides is 1. The summed E-state index contributed by atoms with van der Waals surface area (Å²) in [6.07, 6.45) is 4.24. The standard InChI is InChI=1S/C23H19ClF2N4O2/c1-3-7-20(21(24)14(2)27)32-19-11-10-15(12-18(19)25)29-23(31)17-13-28-30(22(17)26)16-8-5-4-6-9-16/h3-13H,2,27H2,1H3,(H,29,31)/b7-3-,21-20-. The molecule has 0 aliphatic carbocycles. The maximum absolute atomic E-state index is 14.7. The van der Waals surface area contributed by atoms with E-state index in [0.717, 1.165) is 16.9 Å². The number of nitrogens with zero attached hydrogens (tertiary/aromatic N) is 2. The minimum atomic E-state index is -0.841. The largest absolute Gasteiger partial charge is 0.453 e. The Balaban J connectivity index is 1.79. The summed E-state index contributed by atoms with van der Waals surface area (Å²) in [7, 11) is 0. The molecule has 0 radical (unpaired) electrons. The minimum Gasteiger partial charge on any atom is -0.453 e. The zero-order chi connectivity index (χ0) is 23.3. The first-order valence-corrected chi connectivity index (χ1v) is 9.74. The van der Waals surface area contributed by atoms with E-state index in [1.807, 2.05) is 0 Å². The van der Waals surface area contributed by atoms with E-state index in [9.17, 15) is 13.6 Å². The predicted octanol–water partition coefficient (Wildman–Crippen LogP) is 5.28. The Hall–Kier alpha value is -3.91. The van der Waals surface area contributed by atoms with Crippen LogP contribution in [0, 0.1) is 11.8 Å². The van der Waals surface area contributed by atoms with Crippen molar-refractivity contribution in [1.82, 2.24) is 9.78 Å². The van der Waals surface area contributed by atoms with Gasteiger partial charge >= 0.3 is 0 Å². The number of halogens is 3. The number of ether oxygens (including phenoxy) is 1. The van der Waals surface area contributed by atoms with Gasteiger partial charge in [0.05, 0.1) is 11.9 Å². The molecule has 0 saturated heterocycles. The number of hydrogen-bond donors (Lipinski definition) is 2. The summed E-state index contributed by atoms with van der Waals surface area (Å²) in [5.41, 5.74) is 5.89. The van der Waals surface area contributed by atoms with Gasteiger partial charge in [-0.25, -0.2) is 9.07 Å². The lowest BCUT2D eigenvalue weighted by molar-refractivity contribution is 0.102. The highest BCUT2D eigenvalue weighted by molar-refractivity contribution is 6.32. The number of nitrogens with two attached hydrogens (primary N) is 1. The molecular formula is C23H19ClF2N4O2. The van der Waals surface area contributed by atoms with E-state index in [4.69, 9.17) is 22.1 Å². The third-order valence-corrected chi connectivity index (χ3v) is 4.61. The average molecular weight is 457 g/mol. The van der Waals surface area contributed by atoms with Crippen LogP contribution in [0.2, 0.25) is 0 Å². The highest BCUT2D eigenvalue weighted by Gasteiger charge is 2.19. The second-order valence-electron chi connectivity index (χ2n) is 6.50. The van der Waals surface area contributed by atoms with Gasteiger partial charge in [-0.05, 0) is 37.3 Å². The summed E-state index contributed by atoms with van der Waals surface area (Å²) in [6, 6.07) is 12.2. The molecule has 3 rings (SSSR count). The van der Waals surface area contributed by atoms with Gasteiger partial charge in [-0.1, -0.05) is 42.5 Å². The minimum absolute atomic E-state index is 0.0331. The van der Waals surface area contributed by atoms with Crippen LogP contribution in [0.15, 0.2) is 89.9 Å². The number of para-hydroxylation sites is 1. The van der Waals surface area contributed by atoms with Crippen molar-refractivity contribution in [3.8, 4) is 11.4 Å². The fourth-order valence-electron chi connectivity index (χ4n) is 2.67. The third-order valence-electron chi connectivity index (χ3n) is 4.18. The molecule has 0 unspecified atom stereocenters. The fourth-order valence-corrected chi connectivity index (χ4v) is 2.78. The number of benzene rings is 2. The number of aromatic nitrogens is 2. The molecule has 0 bridgehead atoms. The molecule has 3 aromatic rings. The first-order chi connectivity index (χ1) is 15.3. The Kier molecular flexibility index (Phi) is 7.07. The van der Waals surface area contributed by atoms with E-state index in [2.05, 4.69) is 17.0 Å². The van der Waals surface area contributed by atoms with E-state index < -0.39 is 17.7 Å². The number of hydrogen-bond acceptors (Lipinski definition) is 4. The van der Waals surface area contributed by atoms with Crippen LogP contribution in [0.3, 0.4) is 0 Å². The first kappa shape index (κ1) is 22.8. The van der Waals surface area contributed by atoms with Gasteiger partial charge in [-0.2, -0.15) is 9.49 Å². The van der Waals surface area contributed by atoms with E-state index in [1.54, 1.807) is 43.3 Å². The summed E-state index contributed by atoms with van der Waals surface area (Å²) in [5.74, 6) is -2.45.